The highest BCUT2D eigenvalue weighted by molar-refractivity contribution is 7.86. The van der Waals surface area contributed by atoms with Crippen LogP contribution in [0.4, 0.5) is 3.89 Å². The first-order chi connectivity index (χ1) is 3.98. The summed E-state index contributed by atoms with van der Waals surface area (Å²) >= 11 is 0. The van der Waals surface area contributed by atoms with Crippen molar-refractivity contribution in [1.82, 2.24) is 0 Å². The smallest absolute Gasteiger partial charge is 0.329 e. The Morgan fingerprint density at radius 2 is 2.11 bits per heavy atom. The second kappa shape index (κ2) is 3.12. The van der Waals surface area contributed by atoms with Crippen molar-refractivity contribution in [3.05, 3.63) is 0 Å². The molecule has 0 fully saturated rings. The zero-order valence-corrected chi connectivity index (χ0v) is 6.11. The first-order valence-electron chi connectivity index (χ1n) is 2.53. The summed E-state index contributed by atoms with van der Waals surface area (Å²) in [4.78, 5) is 0. The molecule has 0 heterocycles. The second-order valence-corrected chi connectivity index (χ2v) is 3.11. The maximum absolute atomic E-state index is 11.8. The summed E-state index contributed by atoms with van der Waals surface area (Å²) in [6.45, 7) is 2.95. The quantitative estimate of drug-likeness (QED) is 0.564. The Hall–Kier alpha value is -0.160. The van der Waals surface area contributed by atoms with Gasteiger partial charge in [-0.3, -0.25) is 0 Å². The molecule has 0 aliphatic carbocycles. The van der Waals surface area contributed by atoms with Crippen molar-refractivity contribution in [2.24, 2.45) is 0 Å². The Bertz CT molecular complexity index is 163. The zero-order valence-electron chi connectivity index (χ0n) is 5.30. The molecule has 0 aliphatic rings. The van der Waals surface area contributed by atoms with Crippen LogP contribution in [0.25, 0.3) is 0 Å². The second-order valence-electron chi connectivity index (χ2n) is 1.50. The molecule has 56 valence electrons. The van der Waals surface area contributed by atoms with Gasteiger partial charge in [0.1, 0.15) is 0 Å². The third kappa shape index (κ3) is 3.42. The summed E-state index contributed by atoms with van der Waals surface area (Å²) in [6.07, 6.45) is 0. The van der Waals surface area contributed by atoms with E-state index in [9.17, 15) is 12.3 Å². The van der Waals surface area contributed by atoms with Gasteiger partial charge in [0.05, 0.1) is 0 Å². The molecule has 1 atom stereocenters. The maximum Gasteiger partial charge on any atom is 0.329 e. The molecule has 0 spiro atoms. The van der Waals surface area contributed by atoms with E-state index in [0.29, 0.717) is 0 Å². The van der Waals surface area contributed by atoms with Gasteiger partial charge in [-0.1, -0.05) is 0 Å². The van der Waals surface area contributed by atoms with Crippen LogP contribution >= 0.6 is 0 Å². The molecule has 0 rings (SSSR count). The van der Waals surface area contributed by atoms with Crippen LogP contribution in [0, 0.1) is 0 Å². The molecule has 0 saturated carbocycles. The summed E-state index contributed by atoms with van der Waals surface area (Å²) in [5, 5.41) is 0. The van der Waals surface area contributed by atoms with Gasteiger partial charge >= 0.3 is 10.2 Å². The fourth-order valence-electron chi connectivity index (χ4n) is 0.316. The third-order valence-corrected chi connectivity index (χ3v) is 1.73. The summed E-state index contributed by atoms with van der Waals surface area (Å²) in [6, 6.07) is 0. The molecule has 3 nitrogen and oxygen atoms in total. The van der Waals surface area contributed by atoms with Gasteiger partial charge < -0.3 is 4.74 Å². The van der Waals surface area contributed by atoms with Crippen LogP contribution in [0.1, 0.15) is 13.8 Å². The molecule has 0 aliphatic heterocycles. The van der Waals surface area contributed by atoms with Crippen LogP contribution < -0.4 is 0 Å². The van der Waals surface area contributed by atoms with E-state index in [1.54, 1.807) is 6.92 Å². The van der Waals surface area contributed by atoms with E-state index in [1.165, 1.54) is 0 Å². The molecule has 0 saturated heterocycles. The van der Waals surface area contributed by atoms with Crippen molar-refractivity contribution in [1.29, 1.82) is 0 Å². The Labute approximate surface area is 54.0 Å². The van der Waals surface area contributed by atoms with Crippen molar-refractivity contribution in [3.8, 4) is 0 Å². The standard InChI is InChI=1S/C4H9FO3S/c1-3-8-4(2)9(5,6)7/h4H,3H2,1-2H3. The predicted octanol–water partition coefficient (Wildman–Crippen LogP) is 0.668. The molecule has 0 aromatic heterocycles. The number of hydrogen-bond donors (Lipinski definition) is 0. The monoisotopic (exact) mass is 156 g/mol. The maximum atomic E-state index is 11.8. The van der Waals surface area contributed by atoms with Crippen molar-refractivity contribution in [2.45, 2.75) is 19.3 Å². The van der Waals surface area contributed by atoms with E-state index in [2.05, 4.69) is 4.74 Å². The largest absolute Gasteiger partial charge is 0.360 e. The van der Waals surface area contributed by atoms with Crippen LogP contribution in [0.15, 0.2) is 0 Å². The van der Waals surface area contributed by atoms with E-state index in [-0.39, 0.29) is 6.61 Å². The van der Waals surface area contributed by atoms with Crippen LogP contribution in [0.5, 0.6) is 0 Å². The third-order valence-electron chi connectivity index (χ3n) is 0.798. The van der Waals surface area contributed by atoms with Crippen LogP contribution in [0.2, 0.25) is 0 Å². The highest BCUT2D eigenvalue weighted by Crippen LogP contribution is 2.03. The molecule has 0 N–H and O–H groups in total. The van der Waals surface area contributed by atoms with Crippen molar-refractivity contribution in [3.63, 3.8) is 0 Å². The lowest BCUT2D eigenvalue weighted by Gasteiger charge is -2.03. The van der Waals surface area contributed by atoms with Gasteiger partial charge in [0.25, 0.3) is 0 Å². The molecule has 5 heteroatoms. The molecule has 0 aromatic carbocycles. The van der Waals surface area contributed by atoms with Crippen molar-refractivity contribution >= 4 is 10.2 Å². The Kier molecular flexibility index (Phi) is 3.07. The molecule has 0 aromatic rings. The SMILES string of the molecule is CCOC(C)S(=O)(=O)F. The lowest BCUT2D eigenvalue weighted by Crippen LogP contribution is -2.16. The minimum absolute atomic E-state index is 0.199. The van der Waals surface area contributed by atoms with Gasteiger partial charge in [0.2, 0.25) is 0 Å². The number of halogens is 1. The van der Waals surface area contributed by atoms with Gasteiger partial charge in [-0.05, 0) is 13.8 Å². The van der Waals surface area contributed by atoms with Gasteiger partial charge in [-0.25, -0.2) is 0 Å². The summed E-state index contributed by atoms with van der Waals surface area (Å²) in [7, 11) is -4.49. The number of hydrogen-bond acceptors (Lipinski definition) is 3. The zero-order chi connectivity index (χ0) is 7.49. The fraction of sp³-hybridized carbons (Fsp3) is 1.00. The number of ether oxygens (including phenoxy) is 1. The molecule has 0 amide bonds. The van der Waals surface area contributed by atoms with E-state index >= 15 is 0 Å². The first-order valence-corrected chi connectivity index (χ1v) is 3.98. The summed E-state index contributed by atoms with van der Waals surface area (Å²) in [5.41, 5.74) is -1.33. The van der Waals surface area contributed by atoms with Gasteiger partial charge in [0.15, 0.2) is 5.44 Å². The average molecular weight is 156 g/mol. The van der Waals surface area contributed by atoms with Crippen LogP contribution in [-0.2, 0) is 15.0 Å². The van der Waals surface area contributed by atoms with E-state index in [4.69, 9.17) is 0 Å². The van der Waals surface area contributed by atoms with Gasteiger partial charge in [0, 0.05) is 6.61 Å². The summed E-state index contributed by atoms with van der Waals surface area (Å²) < 4.78 is 36.1. The minimum atomic E-state index is -4.49. The highest BCUT2D eigenvalue weighted by Gasteiger charge is 2.18. The topological polar surface area (TPSA) is 43.4 Å². The first kappa shape index (κ1) is 8.84. The Balaban J connectivity index is 3.90. The van der Waals surface area contributed by atoms with Crippen LogP contribution in [-0.4, -0.2) is 20.5 Å². The lowest BCUT2D eigenvalue weighted by atomic mass is 10.8. The Morgan fingerprint density at radius 3 is 2.22 bits per heavy atom. The fourth-order valence-corrected chi connectivity index (χ4v) is 0.615. The van der Waals surface area contributed by atoms with Crippen molar-refractivity contribution in [2.75, 3.05) is 6.61 Å². The summed E-state index contributed by atoms with van der Waals surface area (Å²) in [5.74, 6) is 0. The number of rotatable bonds is 3. The van der Waals surface area contributed by atoms with Gasteiger partial charge in [-0.15, -0.1) is 3.89 Å². The van der Waals surface area contributed by atoms with Crippen molar-refractivity contribution < 1.29 is 17.0 Å². The molecule has 0 bridgehead atoms. The highest BCUT2D eigenvalue weighted by atomic mass is 32.3. The molecule has 0 radical (unpaired) electrons. The normalized spacial score (nSPS) is 15.4. The van der Waals surface area contributed by atoms with Gasteiger partial charge in [-0.2, -0.15) is 8.42 Å². The molecular formula is C4H9FO3S. The molecule has 9 heavy (non-hydrogen) atoms. The van der Waals surface area contributed by atoms with Crippen LogP contribution in [0.3, 0.4) is 0 Å². The molecular weight excluding hydrogens is 147 g/mol. The predicted molar refractivity (Wildman–Crippen MR) is 31.1 cm³/mol. The van der Waals surface area contributed by atoms with E-state index < -0.39 is 15.7 Å². The van der Waals surface area contributed by atoms with E-state index in [1.807, 2.05) is 0 Å². The van der Waals surface area contributed by atoms with E-state index in [0.717, 1.165) is 6.92 Å². The molecule has 1 unspecified atom stereocenters. The lowest BCUT2D eigenvalue weighted by molar-refractivity contribution is 0.126. The Morgan fingerprint density at radius 1 is 1.67 bits per heavy atom. The minimum Gasteiger partial charge on any atom is -0.360 e. The average Bonchev–Trinajstić information content (AvgIpc) is 1.64.